The number of nitrogens with zero attached hydrogens (tertiary/aromatic N) is 1. The summed E-state index contributed by atoms with van der Waals surface area (Å²) in [7, 11) is 1.67. The van der Waals surface area contributed by atoms with E-state index in [1.54, 1.807) is 31.3 Å². The summed E-state index contributed by atoms with van der Waals surface area (Å²) in [5.74, 6) is 0.161. The van der Waals surface area contributed by atoms with Gasteiger partial charge >= 0.3 is 0 Å². The number of hydrogen-bond donors (Lipinski definition) is 1. The fourth-order valence-electron chi connectivity index (χ4n) is 1.26. The molecular weight excluding hydrogens is 178 g/mol. The van der Waals surface area contributed by atoms with E-state index in [1.165, 1.54) is 4.90 Å². The van der Waals surface area contributed by atoms with E-state index in [4.69, 9.17) is 0 Å². The van der Waals surface area contributed by atoms with Gasteiger partial charge in [0, 0.05) is 13.5 Å². The van der Waals surface area contributed by atoms with Gasteiger partial charge in [-0.25, -0.2) is 0 Å². The molecule has 1 aromatic rings. The van der Waals surface area contributed by atoms with Crippen molar-refractivity contribution in [2.24, 2.45) is 0 Å². The second-order valence-electron chi connectivity index (χ2n) is 3.19. The number of aromatic hydroxyl groups is 1. The number of rotatable bonds is 3. The van der Waals surface area contributed by atoms with E-state index in [2.05, 4.69) is 0 Å². The van der Waals surface area contributed by atoms with Crippen LogP contribution in [0.2, 0.25) is 0 Å². The molecule has 0 spiro atoms. The Morgan fingerprint density at radius 1 is 1.43 bits per heavy atom. The van der Waals surface area contributed by atoms with Crippen molar-refractivity contribution in [1.82, 2.24) is 0 Å². The summed E-state index contributed by atoms with van der Waals surface area (Å²) in [6.07, 6.45) is 1.32. The van der Waals surface area contributed by atoms with Crippen LogP contribution in [-0.2, 0) is 4.79 Å². The van der Waals surface area contributed by atoms with Gasteiger partial charge in [-0.2, -0.15) is 0 Å². The van der Waals surface area contributed by atoms with Crippen molar-refractivity contribution in [2.75, 3.05) is 11.9 Å². The molecule has 1 amide bonds. The highest BCUT2D eigenvalue weighted by Gasteiger charge is 2.12. The Bertz CT molecular complexity index is 323. The van der Waals surface area contributed by atoms with Crippen molar-refractivity contribution in [1.29, 1.82) is 0 Å². The van der Waals surface area contributed by atoms with Crippen LogP contribution in [0.4, 0.5) is 5.69 Å². The lowest BCUT2D eigenvalue weighted by Crippen LogP contribution is -2.25. The Hall–Kier alpha value is -1.51. The number of phenols is 1. The first kappa shape index (κ1) is 10.6. The summed E-state index contributed by atoms with van der Waals surface area (Å²) in [6.45, 7) is 1.95. The molecule has 0 aliphatic carbocycles. The average molecular weight is 193 g/mol. The molecule has 0 saturated carbocycles. The lowest BCUT2D eigenvalue weighted by atomic mass is 10.2. The standard InChI is InChI=1S/C11H15NO2/c1-3-6-11(14)12(2)9-7-4-5-8-10(9)13/h4-5,7-8,13H,3,6H2,1-2H3. The van der Waals surface area contributed by atoms with Crippen molar-refractivity contribution < 1.29 is 9.90 Å². The number of amides is 1. The maximum atomic E-state index is 11.5. The van der Waals surface area contributed by atoms with Crippen LogP contribution in [-0.4, -0.2) is 18.1 Å². The molecule has 0 fully saturated rings. The molecule has 76 valence electrons. The second kappa shape index (κ2) is 4.65. The van der Waals surface area contributed by atoms with Gasteiger partial charge in [-0.05, 0) is 18.6 Å². The predicted octanol–water partition coefficient (Wildman–Crippen LogP) is 2.16. The number of carbonyl (C=O) groups excluding carboxylic acids is 1. The normalized spacial score (nSPS) is 9.86. The molecule has 1 rings (SSSR count). The zero-order chi connectivity index (χ0) is 10.6. The monoisotopic (exact) mass is 193 g/mol. The van der Waals surface area contributed by atoms with E-state index in [0.29, 0.717) is 12.1 Å². The maximum Gasteiger partial charge on any atom is 0.226 e. The van der Waals surface area contributed by atoms with Crippen molar-refractivity contribution in [2.45, 2.75) is 19.8 Å². The van der Waals surface area contributed by atoms with E-state index in [-0.39, 0.29) is 11.7 Å². The van der Waals surface area contributed by atoms with Crippen LogP contribution in [0.5, 0.6) is 5.75 Å². The summed E-state index contributed by atoms with van der Waals surface area (Å²) in [4.78, 5) is 13.0. The van der Waals surface area contributed by atoms with Crippen molar-refractivity contribution in [3.8, 4) is 5.75 Å². The van der Waals surface area contributed by atoms with E-state index < -0.39 is 0 Å². The van der Waals surface area contributed by atoms with Crippen LogP contribution in [0.1, 0.15) is 19.8 Å². The van der Waals surface area contributed by atoms with Gasteiger partial charge in [0.05, 0.1) is 5.69 Å². The summed E-state index contributed by atoms with van der Waals surface area (Å²) in [5.41, 5.74) is 0.561. The molecule has 0 heterocycles. The fraction of sp³-hybridized carbons (Fsp3) is 0.364. The summed E-state index contributed by atoms with van der Waals surface area (Å²) in [6, 6.07) is 6.83. The van der Waals surface area contributed by atoms with Crippen molar-refractivity contribution >= 4 is 11.6 Å². The number of benzene rings is 1. The van der Waals surface area contributed by atoms with E-state index in [9.17, 15) is 9.90 Å². The molecule has 0 bridgehead atoms. The van der Waals surface area contributed by atoms with Crippen LogP contribution < -0.4 is 4.90 Å². The smallest absolute Gasteiger partial charge is 0.226 e. The minimum atomic E-state index is 0.0222. The first-order chi connectivity index (χ1) is 6.66. The molecule has 1 aromatic carbocycles. The zero-order valence-electron chi connectivity index (χ0n) is 8.53. The molecule has 0 radical (unpaired) electrons. The van der Waals surface area contributed by atoms with Gasteiger partial charge < -0.3 is 10.0 Å². The van der Waals surface area contributed by atoms with Gasteiger partial charge in [0.15, 0.2) is 0 Å². The Morgan fingerprint density at radius 2 is 2.07 bits per heavy atom. The maximum absolute atomic E-state index is 11.5. The number of phenolic OH excluding ortho intramolecular Hbond substituents is 1. The van der Waals surface area contributed by atoms with Crippen LogP contribution >= 0.6 is 0 Å². The van der Waals surface area contributed by atoms with Crippen LogP contribution in [0.25, 0.3) is 0 Å². The number of para-hydroxylation sites is 2. The molecule has 0 aliphatic heterocycles. The highest BCUT2D eigenvalue weighted by molar-refractivity contribution is 5.94. The molecule has 14 heavy (non-hydrogen) atoms. The third-order valence-corrected chi connectivity index (χ3v) is 2.08. The van der Waals surface area contributed by atoms with Crippen LogP contribution in [0, 0.1) is 0 Å². The van der Waals surface area contributed by atoms with E-state index in [0.717, 1.165) is 6.42 Å². The topological polar surface area (TPSA) is 40.5 Å². The Morgan fingerprint density at radius 3 is 2.64 bits per heavy atom. The molecule has 3 nitrogen and oxygen atoms in total. The first-order valence-corrected chi connectivity index (χ1v) is 4.71. The molecule has 1 N–H and O–H groups in total. The van der Waals surface area contributed by atoms with Gasteiger partial charge in [-0.15, -0.1) is 0 Å². The molecule has 0 saturated heterocycles. The van der Waals surface area contributed by atoms with Gasteiger partial charge in [-0.3, -0.25) is 4.79 Å². The first-order valence-electron chi connectivity index (χ1n) is 4.71. The van der Waals surface area contributed by atoms with E-state index in [1.807, 2.05) is 6.92 Å². The Balaban J connectivity index is 2.84. The molecule has 3 heteroatoms. The highest BCUT2D eigenvalue weighted by Crippen LogP contribution is 2.25. The molecular formula is C11H15NO2. The van der Waals surface area contributed by atoms with Crippen molar-refractivity contribution in [3.63, 3.8) is 0 Å². The summed E-state index contributed by atoms with van der Waals surface area (Å²) < 4.78 is 0. The van der Waals surface area contributed by atoms with Gasteiger partial charge in [-0.1, -0.05) is 19.1 Å². The molecule has 0 unspecified atom stereocenters. The summed E-state index contributed by atoms with van der Waals surface area (Å²) in [5, 5.41) is 9.50. The SMILES string of the molecule is CCCC(=O)N(C)c1ccccc1O. The highest BCUT2D eigenvalue weighted by atomic mass is 16.3. The predicted molar refractivity (Wildman–Crippen MR) is 56.4 cm³/mol. The van der Waals surface area contributed by atoms with Gasteiger partial charge in [0.25, 0.3) is 0 Å². The largest absolute Gasteiger partial charge is 0.506 e. The minimum absolute atomic E-state index is 0.0222. The average Bonchev–Trinajstić information content (AvgIpc) is 2.18. The summed E-state index contributed by atoms with van der Waals surface area (Å²) >= 11 is 0. The molecule has 0 atom stereocenters. The van der Waals surface area contributed by atoms with E-state index >= 15 is 0 Å². The van der Waals surface area contributed by atoms with Gasteiger partial charge in [0.1, 0.15) is 5.75 Å². The van der Waals surface area contributed by atoms with Crippen LogP contribution in [0.3, 0.4) is 0 Å². The van der Waals surface area contributed by atoms with Gasteiger partial charge in [0.2, 0.25) is 5.91 Å². The second-order valence-corrected chi connectivity index (χ2v) is 3.19. The fourth-order valence-corrected chi connectivity index (χ4v) is 1.26. The Labute approximate surface area is 84.0 Å². The number of hydrogen-bond acceptors (Lipinski definition) is 2. The molecule has 0 aliphatic rings. The third-order valence-electron chi connectivity index (χ3n) is 2.08. The third kappa shape index (κ3) is 2.25. The lowest BCUT2D eigenvalue weighted by molar-refractivity contribution is -0.118. The number of anilines is 1. The Kier molecular flexibility index (Phi) is 3.51. The number of carbonyl (C=O) groups is 1. The minimum Gasteiger partial charge on any atom is -0.506 e. The lowest BCUT2D eigenvalue weighted by Gasteiger charge is -2.17. The molecule has 0 aromatic heterocycles. The quantitative estimate of drug-likeness (QED) is 0.799. The van der Waals surface area contributed by atoms with Crippen molar-refractivity contribution in [3.05, 3.63) is 24.3 Å². The van der Waals surface area contributed by atoms with Crippen LogP contribution in [0.15, 0.2) is 24.3 Å². The zero-order valence-corrected chi connectivity index (χ0v) is 8.53.